The van der Waals surface area contributed by atoms with Gasteiger partial charge in [0.15, 0.2) is 0 Å². The molecule has 0 aliphatic heterocycles. The number of hydrogen-bond acceptors (Lipinski definition) is 2. The maximum atomic E-state index is 10.7. The van der Waals surface area contributed by atoms with Crippen LogP contribution in [0.3, 0.4) is 0 Å². The van der Waals surface area contributed by atoms with Crippen molar-refractivity contribution in [2.24, 2.45) is 0 Å². The number of carbonyl (C=O) groups excluding carboxylic acids is 1. The summed E-state index contributed by atoms with van der Waals surface area (Å²) in [5, 5.41) is 8.70. The van der Waals surface area contributed by atoms with Crippen LogP contribution in [0.15, 0.2) is 25.3 Å². The predicted octanol–water partition coefficient (Wildman–Crippen LogP) is 1.64. The van der Waals surface area contributed by atoms with Gasteiger partial charge in [-0.15, -0.1) is 13.2 Å². The molecule has 0 radical (unpaired) electrons. The fourth-order valence-electron chi connectivity index (χ4n) is 0.721. The summed E-state index contributed by atoms with van der Waals surface area (Å²) in [4.78, 5) is 10.7. The smallest absolute Gasteiger partial charge is 0.253 e. The zero-order valence-electron chi connectivity index (χ0n) is 6.22. The van der Waals surface area contributed by atoms with E-state index < -0.39 is 10.8 Å². The summed E-state index contributed by atoms with van der Waals surface area (Å²) in [5.41, 5.74) is -1.51. The maximum absolute atomic E-state index is 10.7. The fourth-order valence-corrected chi connectivity index (χ4v) is 0.876. The van der Waals surface area contributed by atoms with E-state index in [2.05, 4.69) is 13.2 Å². The van der Waals surface area contributed by atoms with E-state index in [1.165, 1.54) is 12.2 Å². The third-order valence-electron chi connectivity index (χ3n) is 1.33. The Kier molecular flexibility index (Phi) is 4.08. The lowest BCUT2D eigenvalue weighted by Gasteiger charge is -2.19. The molecular weight excluding hydrogens is 164 g/mol. The van der Waals surface area contributed by atoms with Crippen LogP contribution in [0, 0.1) is 0 Å². The highest BCUT2D eigenvalue weighted by Crippen LogP contribution is 2.19. The van der Waals surface area contributed by atoms with Crippen LogP contribution in [-0.4, -0.2) is 16.0 Å². The van der Waals surface area contributed by atoms with Crippen LogP contribution in [0.2, 0.25) is 0 Å². The molecule has 0 aromatic rings. The van der Waals surface area contributed by atoms with Crippen molar-refractivity contribution in [3.8, 4) is 0 Å². The summed E-state index contributed by atoms with van der Waals surface area (Å²) >= 11 is 5.16. The molecule has 0 heterocycles. The highest BCUT2D eigenvalue weighted by Gasteiger charge is 2.31. The molecule has 11 heavy (non-hydrogen) atoms. The van der Waals surface area contributed by atoms with Gasteiger partial charge >= 0.3 is 0 Å². The third-order valence-corrected chi connectivity index (χ3v) is 1.68. The average Bonchev–Trinajstić information content (AvgIpc) is 1.88. The molecule has 62 valence electrons. The van der Waals surface area contributed by atoms with Gasteiger partial charge in [-0.25, -0.2) is 0 Å². The first-order chi connectivity index (χ1) is 5.06. The Balaban J connectivity index is 4.35. The Labute approximate surface area is 71.2 Å². The lowest BCUT2D eigenvalue weighted by Crippen LogP contribution is -2.34. The normalized spacial score (nSPS) is 10.7. The molecule has 0 fully saturated rings. The van der Waals surface area contributed by atoms with Gasteiger partial charge in [-0.1, -0.05) is 12.2 Å². The Morgan fingerprint density at radius 3 is 2.00 bits per heavy atom. The van der Waals surface area contributed by atoms with Crippen molar-refractivity contribution in [3.63, 3.8) is 0 Å². The molecule has 0 rings (SSSR count). The molecule has 0 saturated heterocycles. The summed E-state index contributed by atoms with van der Waals surface area (Å²) < 4.78 is 0. The van der Waals surface area contributed by atoms with Gasteiger partial charge in [0.05, 0.1) is 0 Å². The molecule has 0 saturated carbocycles. The molecule has 0 aromatic carbocycles. The van der Waals surface area contributed by atoms with E-state index in [4.69, 9.17) is 11.6 Å². The van der Waals surface area contributed by atoms with Gasteiger partial charge in [-0.05, 0) is 11.6 Å². The molecule has 0 amide bonds. The second-order valence-corrected chi connectivity index (χ2v) is 2.63. The zero-order chi connectivity index (χ0) is 8.91. The van der Waals surface area contributed by atoms with Crippen molar-refractivity contribution in [1.82, 2.24) is 0 Å². The first kappa shape index (κ1) is 10.4. The van der Waals surface area contributed by atoms with Gasteiger partial charge < -0.3 is 5.11 Å². The van der Waals surface area contributed by atoms with Gasteiger partial charge in [0.25, 0.3) is 5.24 Å². The Bertz CT molecular complexity index is 165. The van der Waals surface area contributed by atoms with E-state index in [0.29, 0.717) is 0 Å². The van der Waals surface area contributed by atoms with E-state index in [-0.39, 0.29) is 12.8 Å². The molecular formula is C8H11ClO2. The maximum Gasteiger partial charge on any atom is 0.253 e. The Morgan fingerprint density at radius 2 is 1.82 bits per heavy atom. The van der Waals surface area contributed by atoms with E-state index in [1.54, 1.807) is 0 Å². The largest absolute Gasteiger partial charge is 0.380 e. The third kappa shape index (κ3) is 2.87. The van der Waals surface area contributed by atoms with Crippen LogP contribution in [0.5, 0.6) is 0 Å². The summed E-state index contributed by atoms with van der Waals surface area (Å²) in [5.74, 6) is 0. The summed E-state index contributed by atoms with van der Waals surface area (Å²) in [7, 11) is 0. The Morgan fingerprint density at radius 1 is 1.45 bits per heavy atom. The van der Waals surface area contributed by atoms with E-state index in [0.717, 1.165) is 0 Å². The molecule has 0 bridgehead atoms. The molecule has 0 aliphatic rings. The molecule has 0 unspecified atom stereocenters. The van der Waals surface area contributed by atoms with Crippen LogP contribution in [0.25, 0.3) is 0 Å². The summed E-state index contributed by atoms with van der Waals surface area (Å²) in [6.07, 6.45) is 3.20. The molecule has 0 aromatic heterocycles. The number of rotatable bonds is 5. The number of hydrogen-bond donors (Lipinski definition) is 1. The molecule has 0 atom stereocenters. The second kappa shape index (κ2) is 4.31. The molecule has 3 heteroatoms. The number of carbonyl (C=O) groups is 1. The van der Waals surface area contributed by atoms with Gasteiger partial charge in [-0.3, -0.25) is 4.79 Å². The topological polar surface area (TPSA) is 37.3 Å². The SMILES string of the molecule is C=CCC(O)(CC=C)C(=O)Cl. The minimum Gasteiger partial charge on any atom is -0.380 e. The van der Waals surface area contributed by atoms with Crippen molar-refractivity contribution in [1.29, 1.82) is 0 Å². The highest BCUT2D eigenvalue weighted by atomic mass is 35.5. The van der Waals surface area contributed by atoms with Gasteiger partial charge in [0.1, 0.15) is 5.60 Å². The van der Waals surface area contributed by atoms with Crippen LogP contribution in [0.4, 0.5) is 0 Å². The van der Waals surface area contributed by atoms with Crippen LogP contribution in [-0.2, 0) is 4.79 Å². The quantitative estimate of drug-likeness (QED) is 0.508. The number of halogens is 1. The van der Waals surface area contributed by atoms with Gasteiger partial charge in [0.2, 0.25) is 0 Å². The predicted molar refractivity (Wildman–Crippen MR) is 45.4 cm³/mol. The standard InChI is InChI=1S/C8H11ClO2/c1-3-5-8(11,6-4-2)7(9)10/h3-4,11H,1-2,5-6H2. The molecule has 0 aliphatic carbocycles. The fraction of sp³-hybridized carbons (Fsp3) is 0.375. The van der Waals surface area contributed by atoms with Crippen molar-refractivity contribution in [2.45, 2.75) is 18.4 Å². The van der Waals surface area contributed by atoms with Crippen LogP contribution >= 0.6 is 11.6 Å². The van der Waals surface area contributed by atoms with Crippen molar-refractivity contribution in [3.05, 3.63) is 25.3 Å². The lowest BCUT2D eigenvalue weighted by atomic mass is 9.97. The second-order valence-electron chi connectivity index (χ2n) is 2.29. The summed E-state index contributed by atoms with van der Waals surface area (Å²) in [6.45, 7) is 6.81. The van der Waals surface area contributed by atoms with E-state index in [1.807, 2.05) is 0 Å². The van der Waals surface area contributed by atoms with E-state index in [9.17, 15) is 9.90 Å². The highest BCUT2D eigenvalue weighted by molar-refractivity contribution is 6.65. The van der Waals surface area contributed by atoms with Gasteiger partial charge in [-0.2, -0.15) is 0 Å². The minimum absolute atomic E-state index is 0.154. The monoisotopic (exact) mass is 174 g/mol. The van der Waals surface area contributed by atoms with Crippen molar-refractivity contribution in [2.75, 3.05) is 0 Å². The zero-order valence-corrected chi connectivity index (χ0v) is 6.97. The minimum atomic E-state index is -1.51. The first-order valence-corrected chi connectivity index (χ1v) is 3.58. The molecule has 1 N–H and O–H groups in total. The van der Waals surface area contributed by atoms with Crippen LogP contribution in [0.1, 0.15) is 12.8 Å². The average molecular weight is 175 g/mol. The Hall–Kier alpha value is -0.600. The first-order valence-electron chi connectivity index (χ1n) is 3.21. The lowest BCUT2D eigenvalue weighted by molar-refractivity contribution is -0.128. The van der Waals surface area contributed by atoms with Crippen LogP contribution < -0.4 is 0 Å². The van der Waals surface area contributed by atoms with Gasteiger partial charge in [0, 0.05) is 12.8 Å². The number of aliphatic hydroxyl groups is 1. The van der Waals surface area contributed by atoms with E-state index >= 15 is 0 Å². The van der Waals surface area contributed by atoms with Crippen molar-refractivity contribution >= 4 is 16.8 Å². The molecule has 2 nitrogen and oxygen atoms in total. The molecule has 0 spiro atoms. The van der Waals surface area contributed by atoms with Crippen molar-refractivity contribution < 1.29 is 9.90 Å². The summed E-state index contributed by atoms with van der Waals surface area (Å²) in [6, 6.07) is 0.